The SMILES string of the molecule is CC(NCCCn1ccnc1)c1nccn1C. The van der Waals surface area contributed by atoms with Crippen molar-refractivity contribution in [2.45, 2.75) is 25.9 Å². The first-order chi connectivity index (χ1) is 8.27. The van der Waals surface area contributed by atoms with Gasteiger partial charge in [0.05, 0.1) is 12.4 Å². The number of hydrogen-bond donors (Lipinski definition) is 1. The van der Waals surface area contributed by atoms with Crippen LogP contribution in [0, 0.1) is 0 Å². The van der Waals surface area contributed by atoms with Crippen molar-refractivity contribution in [3.8, 4) is 0 Å². The quantitative estimate of drug-likeness (QED) is 0.766. The molecule has 2 rings (SSSR count). The van der Waals surface area contributed by atoms with E-state index in [0.29, 0.717) is 0 Å². The minimum Gasteiger partial charge on any atom is -0.337 e. The van der Waals surface area contributed by atoms with Crippen LogP contribution in [-0.2, 0) is 13.6 Å². The highest BCUT2D eigenvalue weighted by Gasteiger charge is 2.08. The van der Waals surface area contributed by atoms with Crippen molar-refractivity contribution < 1.29 is 0 Å². The molecule has 1 unspecified atom stereocenters. The van der Waals surface area contributed by atoms with Gasteiger partial charge in [-0.05, 0) is 19.9 Å². The van der Waals surface area contributed by atoms with E-state index in [4.69, 9.17) is 0 Å². The molecule has 2 aromatic heterocycles. The Morgan fingerprint density at radius 3 is 2.88 bits per heavy atom. The third-order valence-corrected chi connectivity index (χ3v) is 2.85. The van der Waals surface area contributed by atoms with E-state index < -0.39 is 0 Å². The lowest BCUT2D eigenvalue weighted by molar-refractivity contribution is 0.500. The predicted molar refractivity (Wildman–Crippen MR) is 66.5 cm³/mol. The maximum Gasteiger partial charge on any atom is 0.125 e. The van der Waals surface area contributed by atoms with Crippen molar-refractivity contribution in [2.24, 2.45) is 7.05 Å². The molecule has 0 aliphatic rings. The summed E-state index contributed by atoms with van der Waals surface area (Å²) in [5, 5.41) is 3.47. The van der Waals surface area contributed by atoms with Crippen LogP contribution in [0.25, 0.3) is 0 Å². The highest BCUT2D eigenvalue weighted by atomic mass is 15.1. The van der Waals surface area contributed by atoms with Gasteiger partial charge in [-0.25, -0.2) is 9.97 Å². The van der Waals surface area contributed by atoms with Crippen molar-refractivity contribution in [1.82, 2.24) is 24.4 Å². The number of aryl methyl sites for hydroxylation is 2. The average molecular weight is 233 g/mol. The summed E-state index contributed by atoms with van der Waals surface area (Å²) in [6.07, 6.45) is 10.5. The van der Waals surface area contributed by atoms with Gasteiger partial charge in [-0.3, -0.25) is 0 Å². The molecule has 92 valence electrons. The average Bonchev–Trinajstić information content (AvgIpc) is 2.95. The smallest absolute Gasteiger partial charge is 0.125 e. The fraction of sp³-hybridized carbons (Fsp3) is 0.500. The summed E-state index contributed by atoms with van der Waals surface area (Å²) in [5.41, 5.74) is 0. The summed E-state index contributed by atoms with van der Waals surface area (Å²) in [6, 6.07) is 0.290. The minimum absolute atomic E-state index is 0.290. The second kappa shape index (κ2) is 5.63. The summed E-state index contributed by atoms with van der Waals surface area (Å²) in [5.74, 6) is 1.08. The zero-order chi connectivity index (χ0) is 12.1. The summed E-state index contributed by atoms with van der Waals surface area (Å²) in [7, 11) is 2.02. The first-order valence-electron chi connectivity index (χ1n) is 5.93. The number of rotatable bonds is 6. The number of imidazole rings is 2. The molecule has 0 aromatic carbocycles. The molecule has 0 saturated carbocycles. The fourth-order valence-corrected chi connectivity index (χ4v) is 1.88. The maximum atomic E-state index is 4.33. The van der Waals surface area contributed by atoms with Gasteiger partial charge < -0.3 is 14.5 Å². The molecule has 0 saturated heterocycles. The highest BCUT2D eigenvalue weighted by Crippen LogP contribution is 2.07. The fourth-order valence-electron chi connectivity index (χ4n) is 1.88. The summed E-state index contributed by atoms with van der Waals surface area (Å²) in [4.78, 5) is 8.35. The molecule has 2 aromatic rings. The maximum absolute atomic E-state index is 4.33. The standard InChI is InChI=1S/C12H19N5/c1-11(12-15-6-8-16(12)2)14-4-3-7-17-9-5-13-10-17/h5-6,8-11,14H,3-4,7H2,1-2H3. The van der Waals surface area contributed by atoms with Crippen LogP contribution in [0.3, 0.4) is 0 Å². The Labute approximate surface area is 102 Å². The van der Waals surface area contributed by atoms with Crippen LogP contribution in [0.4, 0.5) is 0 Å². The zero-order valence-electron chi connectivity index (χ0n) is 10.4. The van der Waals surface area contributed by atoms with Crippen LogP contribution in [0.1, 0.15) is 25.2 Å². The van der Waals surface area contributed by atoms with Crippen molar-refractivity contribution in [3.05, 3.63) is 36.9 Å². The first kappa shape index (κ1) is 11.9. The second-order valence-electron chi connectivity index (χ2n) is 4.23. The van der Waals surface area contributed by atoms with Crippen LogP contribution >= 0.6 is 0 Å². The molecule has 0 spiro atoms. The molecule has 0 fully saturated rings. The third-order valence-electron chi connectivity index (χ3n) is 2.85. The van der Waals surface area contributed by atoms with Crippen molar-refractivity contribution >= 4 is 0 Å². The molecule has 5 heteroatoms. The largest absolute Gasteiger partial charge is 0.337 e. The van der Waals surface area contributed by atoms with Gasteiger partial charge in [-0.2, -0.15) is 0 Å². The molecule has 0 radical (unpaired) electrons. The Morgan fingerprint density at radius 1 is 1.35 bits per heavy atom. The van der Waals surface area contributed by atoms with E-state index in [-0.39, 0.29) is 6.04 Å². The first-order valence-corrected chi connectivity index (χ1v) is 5.93. The monoisotopic (exact) mass is 233 g/mol. The van der Waals surface area contributed by atoms with Crippen LogP contribution in [0.15, 0.2) is 31.1 Å². The summed E-state index contributed by atoms with van der Waals surface area (Å²) < 4.78 is 4.14. The Hall–Kier alpha value is -1.62. The van der Waals surface area contributed by atoms with E-state index in [1.54, 1.807) is 0 Å². The minimum atomic E-state index is 0.290. The van der Waals surface area contributed by atoms with Gasteiger partial charge in [0.2, 0.25) is 0 Å². The van der Waals surface area contributed by atoms with Crippen LogP contribution in [-0.4, -0.2) is 25.6 Å². The van der Waals surface area contributed by atoms with Crippen molar-refractivity contribution in [3.63, 3.8) is 0 Å². The molecule has 5 nitrogen and oxygen atoms in total. The van der Waals surface area contributed by atoms with E-state index in [1.807, 2.05) is 42.7 Å². The van der Waals surface area contributed by atoms with Crippen molar-refractivity contribution in [1.29, 1.82) is 0 Å². The lowest BCUT2D eigenvalue weighted by Gasteiger charge is -2.13. The summed E-state index contributed by atoms with van der Waals surface area (Å²) in [6.45, 7) is 4.12. The van der Waals surface area contributed by atoms with Gasteiger partial charge in [-0.1, -0.05) is 0 Å². The van der Waals surface area contributed by atoms with E-state index in [1.165, 1.54) is 0 Å². The number of nitrogens with one attached hydrogen (secondary N) is 1. The number of nitrogens with zero attached hydrogens (tertiary/aromatic N) is 4. The van der Waals surface area contributed by atoms with E-state index >= 15 is 0 Å². The van der Waals surface area contributed by atoms with Gasteiger partial charge in [0.15, 0.2) is 0 Å². The van der Waals surface area contributed by atoms with Gasteiger partial charge in [0, 0.05) is 38.4 Å². The number of hydrogen-bond acceptors (Lipinski definition) is 3. The van der Waals surface area contributed by atoms with Crippen molar-refractivity contribution in [2.75, 3.05) is 6.54 Å². The van der Waals surface area contributed by atoms with Gasteiger partial charge in [-0.15, -0.1) is 0 Å². The molecular formula is C12H19N5. The predicted octanol–water partition coefficient (Wildman–Crippen LogP) is 1.36. The Balaban J connectivity index is 1.70. The molecule has 1 atom stereocenters. The molecule has 0 aliphatic heterocycles. The van der Waals surface area contributed by atoms with Gasteiger partial charge in [0.25, 0.3) is 0 Å². The second-order valence-corrected chi connectivity index (χ2v) is 4.23. The van der Waals surface area contributed by atoms with Crippen LogP contribution in [0.2, 0.25) is 0 Å². The molecule has 0 bridgehead atoms. The Morgan fingerprint density at radius 2 is 2.24 bits per heavy atom. The van der Waals surface area contributed by atoms with Crippen LogP contribution < -0.4 is 5.32 Å². The molecule has 0 amide bonds. The molecule has 0 aliphatic carbocycles. The lowest BCUT2D eigenvalue weighted by atomic mass is 10.3. The molecular weight excluding hydrogens is 214 g/mol. The number of aromatic nitrogens is 4. The summed E-state index contributed by atoms with van der Waals surface area (Å²) >= 11 is 0. The Bertz CT molecular complexity index is 431. The highest BCUT2D eigenvalue weighted by molar-refractivity contribution is 4.96. The van der Waals surface area contributed by atoms with E-state index in [9.17, 15) is 0 Å². The molecule has 17 heavy (non-hydrogen) atoms. The third kappa shape index (κ3) is 3.17. The van der Waals surface area contributed by atoms with E-state index in [0.717, 1.165) is 25.3 Å². The Kier molecular flexibility index (Phi) is 3.93. The molecule has 1 N–H and O–H groups in total. The molecule has 2 heterocycles. The van der Waals surface area contributed by atoms with Crippen LogP contribution in [0.5, 0.6) is 0 Å². The normalized spacial score (nSPS) is 12.8. The van der Waals surface area contributed by atoms with E-state index in [2.05, 4.69) is 26.8 Å². The van der Waals surface area contributed by atoms with Gasteiger partial charge in [0.1, 0.15) is 5.82 Å². The lowest BCUT2D eigenvalue weighted by Crippen LogP contribution is -2.23. The van der Waals surface area contributed by atoms with Gasteiger partial charge >= 0.3 is 0 Å². The topological polar surface area (TPSA) is 47.7 Å². The zero-order valence-corrected chi connectivity index (χ0v) is 10.4.